The van der Waals surface area contributed by atoms with E-state index in [2.05, 4.69) is 37.1 Å². The third kappa shape index (κ3) is 6.66. The van der Waals surface area contributed by atoms with Crippen LogP contribution in [0.2, 0.25) is 0 Å². The van der Waals surface area contributed by atoms with E-state index in [1.807, 2.05) is 6.92 Å². The SMILES string of the molecule is CN=C(C(=O)NC1C(=O)N2C(C)=C(CSC3=[C-]N=NC3)CSC12)c1[c-]sc(N)n1.[Y].[Y].[Y]. The molecule has 0 aromatic carbocycles. The third-order valence-electron chi connectivity index (χ3n) is 4.65. The maximum Gasteiger partial charge on any atom is 0.253 e. The summed E-state index contributed by atoms with van der Waals surface area (Å²) in [6.07, 6.45) is 2.87. The number of azo groups is 1. The Labute approximate surface area is 274 Å². The zero-order valence-corrected chi connectivity index (χ0v) is 28.3. The van der Waals surface area contributed by atoms with Crippen LogP contribution in [0, 0.1) is 11.6 Å². The largest absolute Gasteiger partial charge is 0.426 e. The minimum absolute atomic E-state index is 0. The number of thioether (sulfide) groups is 2. The van der Waals surface area contributed by atoms with Gasteiger partial charge >= 0.3 is 0 Å². The third-order valence-corrected chi connectivity index (χ3v) is 7.65. The summed E-state index contributed by atoms with van der Waals surface area (Å²) in [4.78, 5) is 36.2. The number of β-lactam (4-membered cyclic amide) rings is 1. The Bertz CT molecular complexity index is 996. The van der Waals surface area contributed by atoms with Crippen LogP contribution in [0.15, 0.2) is 31.4 Å². The molecule has 0 aliphatic carbocycles. The van der Waals surface area contributed by atoms with Crippen molar-refractivity contribution in [2.75, 3.05) is 30.8 Å². The zero-order valence-electron chi connectivity index (χ0n) is 17.4. The molecule has 4 rings (SSSR count). The molecule has 161 valence electrons. The van der Waals surface area contributed by atoms with E-state index in [4.69, 9.17) is 5.73 Å². The number of nitrogens with two attached hydrogens (primary N) is 1. The fourth-order valence-corrected chi connectivity index (χ4v) is 6.09. The van der Waals surface area contributed by atoms with Crippen LogP contribution in [0.25, 0.3) is 0 Å². The van der Waals surface area contributed by atoms with E-state index in [1.165, 1.54) is 12.6 Å². The summed E-state index contributed by atoms with van der Waals surface area (Å²) >= 11 is 4.40. The smallest absolute Gasteiger partial charge is 0.253 e. The molecule has 2 atom stereocenters. The molecular weight excluding hydrogens is 697 g/mol. The minimum Gasteiger partial charge on any atom is -0.426 e. The van der Waals surface area contributed by atoms with Crippen molar-refractivity contribution in [3.8, 4) is 0 Å². The Hall–Kier alpha value is 1.13. The number of aromatic nitrogens is 1. The molecule has 3 radical (unpaired) electrons. The first-order valence-corrected chi connectivity index (χ1v) is 11.5. The van der Waals surface area contributed by atoms with Gasteiger partial charge in [-0.15, -0.1) is 11.8 Å². The summed E-state index contributed by atoms with van der Waals surface area (Å²) < 4.78 is 0. The number of carbonyl (C=O) groups excluding carboxylic acids is 2. The Morgan fingerprint density at radius 1 is 1.41 bits per heavy atom. The van der Waals surface area contributed by atoms with Crippen LogP contribution in [0.4, 0.5) is 5.13 Å². The molecular formula is C17H17N7O2S3Y3-2. The molecule has 0 saturated carbocycles. The predicted molar refractivity (Wildman–Crippen MR) is 114 cm³/mol. The van der Waals surface area contributed by atoms with E-state index in [9.17, 15) is 9.59 Å². The van der Waals surface area contributed by atoms with Crippen molar-refractivity contribution in [2.45, 2.75) is 18.3 Å². The topological polar surface area (TPSA) is 125 Å². The minimum atomic E-state index is -0.590. The van der Waals surface area contributed by atoms with E-state index < -0.39 is 11.9 Å². The Kier molecular flexibility index (Phi) is 13.7. The number of hydrogen-bond acceptors (Lipinski definition) is 10. The Balaban J connectivity index is 0.00000171. The zero-order chi connectivity index (χ0) is 20.5. The second-order valence-electron chi connectivity index (χ2n) is 6.35. The summed E-state index contributed by atoms with van der Waals surface area (Å²) in [7, 11) is 1.50. The quantitative estimate of drug-likeness (QED) is 0.262. The summed E-state index contributed by atoms with van der Waals surface area (Å²) in [6, 6.07) is -0.590. The van der Waals surface area contributed by atoms with Gasteiger partial charge in [0.05, 0.1) is 11.7 Å². The molecule has 1 aromatic rings. The summed E-state index contributed by atoms with van der Waals surface area (Å²) in [5, 5.41) is 13.5. The molecule has 3 N–H and O–H groups in total. The van der Waals surface area contributed by atoms with Gasteiger partial charge in [0.25, 0.3) is 5.91 Å². The van der Waals surface area contributed by atoms with Crippen LogP contribution in [0.3, 0.4) is 0 Å². The number of fused-ring (bicyclic) bond motifs is 1. The van der Waals surface area contributed by atoms with Crippen molar-refractivity contribution >= 4 is 57.5 Å². The number of anilines is 1. The van der Waals surface area contributed by atoms with Crippen molar-refractivity contribution in [3.63, 3.8) is 0 Å². The second kappa shape index (κ2) is 14.0. The molecule has 2 unspecified atom stereocenters. The Morgan fingerprint density at radius 3 is 2.75 bits per heavy atom. The normalized spacial score (nSPS) is 21.6. The van der Waals surface area contributed by atoms with Gasteiger partial charge in [0.15, 0.2) is 0 Å². The molecule has 2 amide bonds. The number of nitrogens with zero attached hydrogens (tertiary/aromatic N) is 5. The predicted octanol–water partition coefficient (Wildman–Crippen LogP) is 1.45. The standard InChI is InChI=1S/C17H17N7O2S3.3Y/c1-8-9(5-27-10-3-20-21-4-10)6-28-16-13(15(26)24(8)16)23-14(25)12(19-2)11-7-29-17(18)22-11;;;/h13,16H,3,5-6H2,1-2H3,(H2,18,22)(H,23,25);;;/q-2;;;. The maximum atomic E-state index is 12.7. The maximum absolute atomic E-state index is 12.7. The fourth-order valence-electron chi connectivity index (χ4n) is 3.09. The number of nitrogen functional groups attached to an aromatic ring is 1. The molecule has 3 aliphatic heterocycles. The molecule has 1 saturated heterocycles. The van der Waals surface area contributed by atoms with Gasteiger partial charge in [0, 0.05) is 128 Å². The molecule has 3 aliphatic rings. The first-order valence-electron chi connectivity index (χ1n) is 8.66. The van der Waals surface area contributed by atoms with Crippen molar-refractivity contribution < 1.29 is 108 Å². The Morgan fingerprint density at radius 2 is 2.16 bits per heavy atom. The number of nitrogens with one attached hydrogen (secondary N) is 1. The average molecular weight is 714 g/mol. The first-order chi connectivity index (χ1) is 14.0. The molecule has 32 heavy (non-hydrogen) atoms. The van der Waals surface area contributed by atoms with Gasteiger partial charge < -0.3 is 32.3 Å². The van der Waals surface area contributed by atoms with Crippen molar-refractivity contribution in [2.24, 2.45) is 15.2 Å². The molecule has 4 heterocycles. The van der Waals surface area contributed by atoms with E-state index >= 15 is 0 Å². The van der Waals surface area contributed by atoms with Gasteiger partial charge in [-0.3, -0.25) is 14.5 Å². The number of aliphatic imine (C=N–C) groups is 1. The second-order valence-corrected chi connectivity index (χ2v) is 9.35. The van der Waals surface area contributed by atoms with Gasteiger partial charge in [-0.1, -0.05) is 5.38 Å². The molecule has 1 fully saturated rings. The number of allylic oxidation sites excluding steroid dienone is 1. The van der Waals surface area contributed by atoms with E-state index in [0.717, 1.165) is 33.4 Å². The molecule has 0 spiro atoms. The van der Waals surface area contributed by atoms with Crippen molar-refractivity contribution in [3.05, 3.63) is 33.4 Å². The van der Waals surface area contributed by atoms with Crippen LogP contribution in [0.1, 0.15) is 12.6 Å². The van der Waals surface area contributed by atoms with Gasteiger partial charge in [-0.05, 0) is 18.2 Å². The first kappa shape index (κ1) is 31.2. The van der Waals surface area contributed by atoms with Crippen LogP contribution < -0.4 is 11.1 Å². The summed E-state index contributed by atoms with van der Waals surface area (Å²) in [5.74, 6) is 0.996. The van der Waals surface area contributed by atoms with Crippen LogP contribution in [-0.2, 0) is 108 Å². The van der Waals surface area contributed by atoms with Crippen LogP contribution >= 0.6 is 34.9 Å². The average Bonchev–Trinajstić information content (AvgIpc) is 3.37. The van der Waals surface area contributed by atoms with Crippen molar-refractivity contribution in [1.29, 1.82) is 0 Å². The number of rotatable bonds is 6. The van der Waals surface area contributed by atoms with Gasteiger partial charge in [-0.2, -0.15) is 16.7 Å². The fraction of sp³-hybridized carbons (Fsp3) is 0.412. The number of thiazole rings is 1. The van der Waals surface area contributed by atoms with E-state index in [1.54, 1.807) is 28.4 Å². The number of amides is 2. The van der Waals surface area contributed by atoms with Crippen LogP contribution in [0.5, 0.6) is 0 Å². The number of hydrogen-bond donors (Lipinski definition) is 2. The van der Waals surface area contributed by atoms with Gasteiger partial charge in [0.1, 0.15) is 11.4 Å². The van der Waals surface area contributed by atoms with E-state index in [0.29, 0.717) is 17.4 Å². The van der Waals surface area contributed by atoms with E-state index in [-0.39, 0.29) is 115 Å². The summed E-state index contributed by atoms with van der Waals surface area (Å²) in [6.45, 7) is 2.53. The van der Waals surface area contributed by atoms with Crippen molar-refractivity contribution in [1.82, 2.24) is 15.2 Å². The van der Waals surface area contributed by atoms with Gasteiger partial charge in [-0.25, -0.2) is 16.5 Å². The van der Waals surface area contributed by atoms with Crippen LogP contribution in [-0.4, -0.2) is 63.9 Å². The summed E-state index contributed by atoms with van der Waals surface area (Å²) in [5.41, 5.74) is 8.17. The molecule has 1 aromatic heterocycles. The number of carbonyl (C=O) groups is 2. The monoisotopic (exact) mass is 714 g/mol. The molecule has 15 heteroatoms. The van der Waals surface area contributed by atoms with Gasteiger partial charge in [0.2, 0.25) is 5.91 Å². The molecule has 9 nitrogen and oxygen atoms in total. The molecule has 0 bridgehead atoms.